The quantitative estimate of drug-likeness (QED) is 0.268. The molecule has 6 heteroatoms. The molecule has 4 aromatic carbocycles. The van der Waals surface area contributed by atoms with E-state index in [1.165, 1.54) is 44.9 Å². The molecule has 0 aliphatic heterocycles. The van der Waals surface area contributed by atoms with Gasteiger partial charge in [0.2, 0.25) is 0 Å². The molecule has 0 aromatic heterocycles. The zero-order chi connectivity index (χ0) is 20.5. The van der Waals surface area contributed by atoms with E-state index in [0.29, 0.717) is 0 Å². The van der Waals surface area contributed by atoms with Crippen molar-refractivity contribution in [2.45, 2.75) is 0 Å². The van der Waals surface area contributed by atoms with Gasteiger partial charge in [-0.15, -0.1) is 33.7 Å². The first-order valence-electron chi connectivity index (χ1n) is 8.50. The molecule has 0 heterocycles. The topological polar surface area (TPSA) is 36.9 Å². The van der Waals surface area contributed by atoms with Crippen LogP contribution in [0.15, 0.2) is 60.7 Å². The van der Waals surface area contributed by atoms with E-state index in [2.05, 4.69) is 31.1 Å². The normalized spacial score (nSPS) is 9.03. The minimum absolute atomic E-state index is 0. The van der Waals surface area contributed by atoms with E-state index in [1.54, 1.807) is 28.4 Å². The molecule has 0 saturated heterocycles. The average molecular weight is 500 g/mol. The first-order chi connectivity index (χ1) is 13.7. The number of hydrogen-bond acceptors (Lipinski definition) is 4. The summed E-state index contributed by atoms with van der Waals surface area (Å²) in [5.74, 6) is 3.12. The molecule has 0 aliphatic rings. The average Bonchev–Trinajstić information content (AvgIpc) is 3.41. The second kappa shape index (κ2) is 14.1. The summed E-state index contributed by atoms with van der Waals surface area (Å²) in [5, 5.41) is 4.71. The summed E-state index contributed by atoms with van der Waals surface area (Å²) >= 11 is 1.36. The SMILES string of the molecule is COc1cc2cc[cH-]c2cc1OC.COc1cc2cc[cH-]c2cc1OC.[CH3-].[CH3-].[Si]=[Zr]. The fraction of sp³-hybridized carbons (Fsp3) is 0.167. The van der Waals surface area contributed by atoms with Crippen molar-refractivity contribution < 1.29 is 42.3 Å². The molecule has 0 fully saturated rings. The molecule has 0 amide bonds. The van der Waals surface area contributed by atoms with Gasteiger partial charge in [0.05, 0.1) is 28.4 Å². The van der Waals surface area contributed by atoms with E-state index in [9.17, 15) is 0 Å². The van der Waals surface area contributed by atoms with Crippen LogP contribution in [0.25, 0.3) is 21.5 Å². The molecule has 4 nitrogen and oxygen atoms in total. The molecule has 30 heavy (non-hydrogen) atoms. The van der Waals surface area contributed by atoms with Crippen molar-refractivity contribution in [2.75, 3.05) is 28.4 Å². The molecule has 0 unspecified atom stereocenters. The molecule has 0 bridgehead atoms. The van der Waals surface area contributed by atoms with Crippen LogP contribution in [0.3, 0.4) is 0 Å². The maximum atomic E-state index is 5.19. The van der Waals surface area contributed by atoms with Crippen LogP contribution < -0.4 is 18.9 Å². The van der Waals surface area contributed by atoms with E-state index in [0.717, 1.165) is 23.0 Å². The Balaban J connectivity index is 0.000000488. The fourth-order valence-corrected chi connectivity index (χ4v) is 2.91. The Bertz CT molecular complexity index is 865. The predicted octanol–water partition coefficient (Wildman–Crippen LogP) is 5.67. The Morgan fingerprint density at radius 1 is 0.600 bits per heavy atom. The van der Waals surface area contributed by atoms with Crippen LogP contribution in [-0.4, -0.2) is 35.3 Å². The number of benzene rings is 2. The second-order valence-corrected chi connectivity index (χ2v) is 5.72. The van der Waals surface area contributed by atoms with Crippen molar-refractivity contribution >= 4 is 28.4 Å². The van der Waals surface area contributed by atoms with Crippen molar-refractivity contribution in [3.05, 3.63) is 75.5 Å². The van der Waals surface area contributed by atoms with Crippen molar-refractivity contribution in [1.82, 2.24) is 0 Å². The molecule has 4 aromatic rings. The van der Waals surface area contributed by atoms with E-state index >= 15 is 0 Å². The monoisotopic (exact) mass is 498 g/mol. The number of hydrogen-bond donors (Lipinski definition) is 0. The van der Waals surface area contributed by atoms with Gasteiger partial charge < -0.3 is 33.8 Å². The van der Waals surface area contributed by atoms with E-state index in [1.807, 2.05) is 36.4 Å². The molecule has 0 atom stereocenters. The van der Waals surface area contributed by atoms with Gasteiger partial charge in [-0.3, -0.25) is 0 Å². The third-order valence-corrected chi connectivity index (χ3v) is 4.28. The van der Waals surface area contributed by atoms with Crippen molar-refractivity contribution in [3.8, 4) is 23.0 Å². The van der Waals surface area contributed by atoms with Crippen LogP contribution in [0.1, 0.15) is 0 Å². The summed E-state index contributed by atoms with van der Waals surface area (Å²) in [6, 6.07) is 20.2. The van der Waals surface area contributed by atoms with Crippen LogP contribution >= 0.6 is 0 Å². The van der Waals surface area contributed by atoms with Crippen LogP contribution in [0, 0.1) is 14.9 Å². The molecule has 0 aliphatic carbocycles. The van der Waals surface area contributed by atoms with Crippen LogP contribution in [-0.2, 0) is 23.3 Å². The fourth-order valence-electron chi connectivity index (χ4n) is 2.91. The zero-order valence-corrected chi connectivity index (χ0v) is 21.9. The van der Waals surface area contributed by atoms with Gasteiger partial charge in [0.1, 0.15) is 23.0 Å². The summed E-state index contributed by atoms with van der Waals surface area (Å²) in [6.07, 6.45) is 0. The third-order valence-electron chi connectivity index (χ3n) is 4.28. The molecule has 0 N–H and O–H groups in total. The minimum atomic E-state index is 0. The summed E-state index contributed by atoms with van der Waals surface area (Å²) < 4.78 is 20.8. The van der Waals surface area contributed by atoms with Gasteiger partial charge in [0.25, 0.3) is 0 Å². The summed E-state index contributed by atoms with van der Waals surface area (Å²) in [6.45, 7) is 3.06. The first-order valence-corrected chi connectivity index (χ1v) is 12.7. The standard InChI is InChI=1S/2C11H11O2.2CH3.Si.Zr/c2*1-12-10-6-8-4-3-5-9(8)7-11(10)13-2;;;;/h2*3-7H,1-2H3;2*1H3;;/q4*-1;;. The zero-order valence-electron chi connectivity index (χ0n) is 18.4. The Labute approximate surface area is 197 Å². The summed E-state index contributed by atoms with van der Waals surface area (Å²) in [4.78, 5) is 0. The van der Waals surface area contributed by atoms with E-state index in [-0.39, 0.29) is 14.9 Å². The van der Waals surface area contributed by atoms with Crippen LogP contribution in [0.2, 0.25) is 0 Å². The summed E-state index contributed by atoms with van der Waals surface area (Å²) in [7, 11) is 6.58. The molecule has 4 rings (SSSR count). The van der Waals surface area contributed by atoms with E-state index in [4.69, 9.17) is 18.9 Å². The van der Waals surface area contributed by atoms with Crippen molar-refractivity contribution in [1.29, 1.82) is 0 Å². The molecule has 0 spiro atoms. The van der Waals surface area contributed by atoms with Crippen LogP contribution in [0.4, 0.5) is 0 Å². The first kappa shape index (κ1) is 28.0. The van der Waals surface area contributed by atoms with E-state index < -0.39 is 0 Å². The molecule has 160 valence electrons. The van der Waals surface area contributed by atoms with Gasteiger partial charge in [-0.1, -0.05) is 24.3 Å². The second-order valence-electron chi connectivity index (χ2n) is 5.72. The Hall–Kier alpha value is -2.04. The number of ether oxygens (including phenoxy) is 4. The maximum absolute atomic E-state index is 5.19. The van der Waals surface area contributed by atoms with Gasteiger partial charge >= 0.3 is 30.2 Å². The van der Waals surface area contributed by atoms with Gasteiger partial charge in [0, 0.05) is 0 Å². The number of fused-ring (bicyclic) bond motifs is 2. The molecular formula is C24H28O4SiZr-4. The van der Waals surface area contributed by atoms with Gasteiger partial charge in [-0.2, -0.15) is 24.3 Å². The van der Waals surface area contributed by atoms with Crippen molar-refractivity contribution in [2.24, 2.45) is 0 Å². The number of methoxy groups -OCH3 is 4. The van der Waals surface area contributed by atoms with Crippen molar-refractivity contribution in [3.63, 3.8) is 0 Å². The summed E-state index contributed by atoms with van der Waals surface area (Å²) in [5.41, 5.74) is 0. The van der Waals surface area contributed by atoms with Gasteiger partial charge in [0.15, 0.2) is 0 Å². The Morgan fingerprint density at radius 3 is 1.20 bits per heavy atom. The molecular weight excluding hydrogens is 472 g/mol. The van der Waals surface area contributed by atoms with Crippen LogP contribution in [0.5, 0.6) is 23.0 Å². The Kier molecular flexibility index (Phi) is 13.1. The Morgan fingerprint density at radius 2 is 0.900 bits per heavy atom. The third kappa shape index (κ3) is 6.48. The molecule has 0 saturated carbocycles. The van der Waals surface area contributed by atoms with Gasteiger partial charge in [-0.05, 0) is 0 Å². The molecule has 2 radical (unpaired) electrons. The predicted molar refractivity (Wildman–Crippen MR) is 124 cm³/mol. The number of rotatable bonds is 4. The van der Waals surface area contributed by atoms with Gasteiger partial charge in [-0.25, -0.2) is 0 Å².